The van der Waals surface area contributed by atoms with Crippen molar-refractivity contribution in [1.29, 1.82) is 0 Å². The molecule has 1 aromatic carbocycles. The molecule has 1 saturated carbocycles. The maximum absolute atomic E-state index is 6.32. The summed E-state index contributed by atoms with van der Waals surface area (Å²) in [4.78, 5) is 0. The van der Waals surface area contributed by atoms with Crippen LogP contribution in [0.4, 0.5) is 0 Å². The van der Waals surface area contributed by atoms with Gasteiger partial charge in [0.25, 0.3) is 0 Å². The van der Waals surface area contributed by atoms with Crippen LogP contribution in [0.3, 0.4) is 0 Å². The SMILES string of the molecule is COc1cc([C@@H](N)C2CCCC2)ccc1C.Cl. The Labute approximate surface area is 110 Å². The van der Waals surface area contributed by atoms with E-state index in [-0.39, 0.29) is 18.4 Å². The lowest BCUT2D eigenvalue weighted by Gasteiger charge is -2.20. The molecule has 0 heterocycles. The number of nitrogens with two attached hydrogens (primary N) is 1. The van der Waals surface area contributed by atoms with Crippen molar-refractivity contribution in [1.82, 2.24) is 0 Å². The molecule has 0 aliphatic heterocycles. The summed E-state index contributed by atoms with van der Waals surface area (Å²) in [6.07, 6.45) is 5.22. The minimum absolute atomic E-state index is 0. The average Bonchev–Trinajstić information content (AvgIpc) is 2.82. The van der Waals surface area contributed by atoms with Gasteiger partial charge >= 0.3 is 0 Å². The quantitative estimate of drug-likeness (QED) is 0.896. The van der Waals surface area contributed by atoms with Crippen LogP contribution in [-0.4, -0.2) is 7.11 Å². The Bertz CT molecular complexity index is 361. The highest BCUT2D eigenvalue weighted by atomic mass is 35.5. The van der Waals surface area contributed by atoms with Crippen molar-refractivity contribution in [2.24, 2.45) is 11.7 Å². The van der Waals surface area contributed by atoms with E-state index < -0.39 is 0 Å². The maximum Gasteiger partial charge on any atom is 0.122 e. The molecule has 96 valence electrons. The van der Waals surface area contributed by atoms with E-state index in [1.165, 1.54) is 36.8 Å². The van der Waals surface area contributed by atoms with Crippen LogP contribution in [0, 0.1) is 12.8 Å². The third-order valence-corrected chi connectivity index (χ3v) is 3.72. The molecule has 0 amide bonds. The number of ether oxygens (including phenoxy) is 1. The van der Waals surface area contributed by atoms with E-state index in [2.05, 4.69) is 25.1 Å². The van der Waals surface area contributed by atoms with E-state index >= 15 is 0 Å². The second-order valence-corrected chi connectivity index (χ2v) is 4.80. The molecule has 1 fully saturated rings. The summed E-state index contributed by atoms with van der Waals surface area (Å²) >= 11 is 0. The lowest BCUT2D eigenvalue weighted by atomic mass is 9.92. The van der Waals surface area contributed by atoms with Crippen LogP contribution in [0.1, 0.15) is 42.9 Å². The lowest BCUT2D eigenvalue weighted by Crippen LogP contribution is -2.19. The van der Waals surface area contributed by atoms with Gasteiger partial charge in [0.2, 0.25) is 0 Å². The molecular weight excluding hydrogens is 234 g/mol. The number of hydrogen-bond donors (Lipinski definition) is 1. The molecule has 0 radical (unpaired) electrons. The van der Waals surface area contributed by atoms with Gasteiger partial charge in [-0.25, -0.2) is 0 Å². The molecule has 0 saturated heterocycles. The van der Waals surface area contributed by atoms with E-state index in [9.17, 15) is 0 Å². The molecule has 2 nitrogen and oxygen atoms in total. The number of methoxy groups -OCH3 is 1. The van der Waals surface area contributed by atoms with Gasteiger partial charge in [0.05, 0.1) is 7.11 Å². The molecular formula is C14H22ClNO. The van der Waals surface area contributed by atoms with Crippen molar-refractivity contribution >= 4 is 12.4 Å². The number of benzene rings is 1. The van der Waals surface area contributed by atoms with Gasteiger partial charge in [-0.05, 0) is 42.9 Å². The van der Waals surface area contributed by atoms with Gasteiger partial charge in [0, 0.05) is 6.04 Å². The highest BCUT2D eigenvalue weighted by Gasteiger charge is 2.23. The Morgan fingerprint density at radius 1 is 1.29 bits per heavy atom. The number of halogens is 1. The molecule has 0 aromatic heterocycles. The minimum Gasteiger partial charge on any atom is -0.496 e. The molecule has 1 aliphatic rings. The first-order chi connectivity index (χ1) is 7.72. The molecule has 0 unspecified atom stereocenters. The molecule has 1 aromatic rings. The standard InChI is InChI=1S/C14H21NO.ClH/c1-10-7-8-12(9-13(10)16-2)14(15)11-5-3-4-6-11;/h7-9,11,14H,3-6,15H2,1-2H3;1H/t14-;/m0./s1. The summed E-state index contributed by atoms with van der Waals surface area (Å²) in [6, 6.07) is 6.51. The van der Waals surface area contributed by atoms with E-state index in [0.29, 0.717) is 5.92 Å². The van der Waals surface area contributed by atoms with Crippen LogP contribution in [0.15, 0.2) is 18.2 Å². The lowest BCUT2D eigenvalue weighted by molar-refractivity contribution is 0.406. The zero-order chi connectivity index (χ0) is 11.5. The highest BCUT2D eigenvalue weighted by Crippen LogP contribution is 2.35. The monoisotopic (exact) mass is 255 g/mol. The molecule has 2 N–H and O–H groups in total. The van der Waals surface area contributed by atoms with Gasteiger partial charge in [-0.1, -0.05) is 25.0 Å². The van der Waals surface area contributed by atoms with Crippen LogP contribution < -0.4 is 10.5 Å². The predicted molar refractivity (Wildman–Crippen MR) is 73.9 cm³/mol. The van der Waals surface area contributed by atoms with Crippen molar-refractivity contribution in [3.05, 3.63) is 29.3 Å². The van der Waals surface area contributed by atoms with E-state index in [0.717, 1.165) is 5.75 Å². The molecule has 2 rings (SSSR count). The van der Waals surface area contributed by atoms with Crippen LogP contribution in [-0.2, 0) is 0 Å². The Morgan fingerprint density at radius 3 is 2.53 bits per heavy atom. The van der Waals surface area contributed by atoms with Crippen molar-refractivity contribution in [3.8, 4) is 5.75 Å². The number of rotatable bonds is 3. The zero-order valence-electron chi connectivity index (χ0n) is 10.6. The Kier molecular flexibility index (Phi) is 5.29. The van der Waals surface area contributed by atoms with Crippen molar-refractivity contribution in [3.63, 3.8) is 0 Å². The fraction of sp³-hybridized carbons (Fsp3) is 0.571. The van der Waals surface area contributed by atoms with Gasteiger partial charge < -0.3 is 10.5 Å². The van der Waals surface area contributed by atoms with Gasteiger partial charge in [-0.15, -0.1) is 12.4 Å². The fourth-order valence-electron chi connectivity index (χ4n) is 2.63. The summed E-state index contributed by atoms with van der Waals surface area (Å²) in [5, 5.41) is 0. The second-order valence-electron chi connectivity index (χ2n) is 4.80. The van der Waals surface area contributed by atoms with Gasteiger partial charge in [-0.3, -0.25) is 0 Å². The normalized spacial score (nSPS) is 17.6. The average molecular weight is 256 g/mol. The zero-order valence-corrected chi connectivity index (χ0v) is 11.4. The smallest absolute Gasteiger partial charge is 0.122 e. The Hall–Kier alpha value is -0.730. The maximum atomic E-state index is 6.32. The molecule has 1 atom stereocenters. The number of aryl methyl sites for hydroxylation is 1. The summed E-state index contributed by atoms with van der Waals surface area (Å²) in [6.45, 7) is 2.06. The summed E-state index contributed by atoms with van der Waals surface area (Å²) in [5.41, 5.74) is 8.71. The number of hydrogen-bond acceptors (Lipinski definition) is 2. The largest absolute Gasteiger partial charge is 0.496 e. The first-order valence-corrected chi connectivity index (χ1v) is 6.12. The third-order valence-electron chi connectivity index (χ3n) is 3.72. The van der Waals surface area contributed by atoms with E-state index in [4.69, 9.17) is 10.5 Å². The first kappa shape index (κ1) is 14.3. The van der Waals surface area contributed by atoms with Crippen molar-refractivity contribution < 1.29 is 4.74 Å². The van der Waals surface area contributed by atoms with Crippen LogP contribution in [0.2, 0.25) is 0 Å². The van der Waals surface area contributed by atoms with Gasteiger partial charge in [0.15, 0.2) is 0 Å². The Balaban J connectivity index is 0.00000144. The van der Waals surface area contributed by atoms with Crippen molar-refractivity contribution in [2.45, 2.75) is 38.6 Å². The highest BCUT2D eigenvalue weighted by molar-refractivity contribution is 5.85. The van der Waals surface area contributed by atoms with E-state index in [1.54, 1.807) is 7.11 Å². The molecule has 0 bridgehead atoms. The molecule has 1 aliphatic carbocycles. The van der Waals surface area contributed by atoms with Crippen molar-refractivity contribution in [2.75, 3.05) is 7.11 Å². The molecule has 3 heteroatoms. The second kappa shape index (κ2) is 6.27. The topological polar surface area (TPSA) is 35.2 Å². The van der Waals surface area contributed by atoms with Gasteiger partial charge in [0.1, 0.15) is 5.75 Å². The van der Waals surface area contributed by atoms with Crippen LogP contribution in [0.5, 0.6) is 5.75 Å². The fourth-order valence-corrected chi connectivity index (χ4v) is 2.63. The van der Waals surface area contributed by atoms with Crippen LogP contribution >= 0.6 is 12.4 Å². The summed E-state index contributed by atoms with van der Waals surface area (Å²) in [5.74, 6) is 1.61. The van der Waals surface area contributed by atoms with Crippen LogP contribution in [0.25, 0.3) is 0 Å². The predicted octanol–water partition coefficient (Wildman–Crippen LogP) is 3.62. The summed E-state index contributed by atoms with van der Waals surface area (Å²) in [7, 11) is 1.72. The molecule has 0 spiro atoms. The summed E-state index contributed by atoms with van der Waals surface area (Å²) < 4.78 is 5.34. The third kappa shape index (κ3) is 3.14. The first-order valence-electron chi connectivity index (χ1n) is 6.12. The molecule has 17 heavy (non-hydrogen) atoms. The Morgan fingerprint density at radius 2 is 1.94 bits per heavy atom. The van der Waals surface area contributed by atoms with E-state index in [1.807, 2.05) is 0 Å². The van der Waals surface area contributed by atoms with Gasteiger partial charge in [-0.2, -0.15) is 0 Å². The minimum atomic E-state index is 0.